The van der Waals surface area contributed by atoms with Crippen molar-refractivity contribution in [3.8, 4) is 5.75 Å². The minimum absolute atomic E-state index is 0.124. The van der Waals surface area contributed by atoms with Crippen molar-refractivity contribution in [2.75, 3.05) is 20.2 Å². The van der Waals surface area contributed by atoms with Gasteiger partial charge >= 0.3 is 6.09 Å². The second kappa shape index (κ2) is 8.55. The van der Waals surface area contributed by atoms with Crippen LogP contribution in [0.1, 0.15) is 24.0 Å². The Morgan fingerprint density at radius 3 is 2.87 bits per heavy atom. The van der Waals surface area contributed by atoms with Crippen molar-refractivity contribution in [3.05, 3.63) is 64.1 Å². The minimum atomic E-state index is -0.557. The zero-order valence-corrected chi connectivity index (χ0v) is 18.3. The van der Waals surface area contributed by atoms with Crippen LogP contribution < -0.4 is 10.5 Å². The first kappa shape index (κ1) is 20.5. The largest absolute Gasteiger partial charge is 0.490 e. The molecule has 7 nitrogen and oxygen atoms in total. The maximum atomic E-state index is 12.3. The monoisotopic (exact) mass is 473 g/mol. The number of benzene rings is 2. The highest BCUT2D eigenvalue weighted by Crippen LogP contribution is 2.46. The van der Waals surface area contributed by atoms with Gasteiger partial charge in [0.05, 0.1) is 0 Å². The molecule has 30 heavy (non-hydrogen) atoms. The number of nitrogens with zero attached hydrogens (tertiary/aromatic N) is 2. The van der Waals surface area contributed by atoms with Gasteiger partial charge in [-0.3, -0.25) is 0 Å². The van der Waals surface area contributed by atoms with E-state index in [1.807, 2.05) is 48.5 Å². The lowest BCUT2D eigenvalue weighted by Gasteiger charge is -2.37. The molecule has 2 heterocycles. The number of nitrogens with two attached hydrogens (primary N) is 1. The van der Waals surface area contributed by atoms with Crippen molar-refractivity contribution in [1.29, 1.82) is 0 Å². The summed E-state index contributed by atoms with van der Waals surface area (Å²) < 4.78 is 18.0. The summed E-state index contributed by atoms with van der Waals surface area (Å²) in [6.45, 7) is 1.14. The number of hydrogen-bond donors (Lipinski definition) is 1. The highest BCUT2D eigenvalue weighted by molar-refractivity contribution is 9.10. The Balaban J connectivity index is 1.38. The summed E-state index contributed by atoms with van der Waals surface area (Å²) in [7, 11) is 1.73. The lowest BCUT2D eigenvalue weighted by atomic mass is 9.82. The van der Waals surface area contributed by atoms with Crippen LogP contribution in [0.5, 0.6) is 5.75 Å². The summed E-state index contributed by atoms with van der Waals surface area (Å²) in [4.78, 5) is 18.5. The van der Waals surface area contributed by atoms with E-state index in [4.69, 9.17) is 19.9 Å². The van der Waals surface area contributed by atoms with Gasteiger partial charge in [-0.2, -0.15) is 0 Å². The van der Waals surface area contributed by atoms with Crippen LogP contribution in [0.25, 0.3) is 0 Å². The van der Waals surface area contributed by atoms with E-state index in [0.717, 1.165) is 21.3 Å². The van der Waals surface area contributed by atoms with Gasteiger partial charge in [-0.15, -0.1) is 0 Å². The Morgan fingerprint density at radius 2 is 2.13 bits per heavy atom. The molecule has 1 unspecified atom stereocenters. The van der Waals surface area contributed by atoms with E-state index in [2.05, 4.69) is 20.9 Å². The summed E-state index contributed by atoms with van der Waals surface area (Å²) >= 11 is 3.51. The van der Waals surface area contributed by atoms with Gasteiger partial charge in [0.1, 0.15) is 30.6 Å². The molecule has 2 aliphatic heterocycles. The van der Waals surface area contributed by atoms with Crippen molar-refractivity contribution in [1.82, 2.24) is 4.90 Å². The second-order valence-electron chi connectivity index (χ2n) is 7.61. The molecule has 0 aromatic heterocycles. The lowest BCUT2D eigenvalue weighted by Crippen LogP contribution is -2.40. The van der Waals surface area contributed by atoms with Gasteiger partial charge in [-0.1, -0.05) is 46.3 Å². The zero-order valence-electron chi connectivity index (χ0n) is 16.7. The number of ether oxygens (including phenoxy) is 3. The summed E-state index contributed by atoms with van der Waals surface area (Å²) in [5, 5.41) is 0. The fraction of sp³-hybridized carbons (Fsp3) is 0.364. The number of amidine groups is 1. The smallest absolute Gasteiger partial charge is 0.409 e. The second-order valence-corrected chi connectivity index (χ2v) is 8.52. The van der Waals surface area contributed by atoms with E-state index < -0.39 is 5.54 Å². The fourth-order valence-electron chi connectivity index (χ4n) is 3.81. The minimum Gasteiger partial charge on any atom is -0.490 e. The van der Waals surface area contributed by atoms with Gasteiger partial charge in [-0.25, -0.2) is 9.79 Å². The number of carbonyl (C=O) groups is 1. The molecule has 0 saturated carbocycles. The Morgan fingerprint density at radius 1 is 1.33 bits per heavy atom. The molecule has 2 aromatic carbocycles. The predicted molar refractivity (Wildman–Crippen MR) is 116 cm³/mol. The van der Waals surface area contributed by atoms with Crippen molar-refractivity contribution < 1.29 is 19.0 Å². The van der Waals surface area contributed by atoms with Gasteiger partial charge in [-0.05, 0) is 23.8 Å². The molecule has 2 aliphatic rings. The van der Waals surface area contributed by atoms with E-state index in [-0.39, 0.29) is 24.8 Å². The quantitative estimate of drug-likeness (QED) is 0.713. The van der Waals surface area contributed by atoms with Gasteiger partial charge in [0.25, 0.3) is 6.02 Å². The number of halogens is 1. The van der Waals surface area contributed by atoms with Gasteiger partial charge in [0, 0.05) is 36.5 Å². The standard InChI is InChI=1S/C22H24BrN3O4/c1-26(21(27)28-13-15-5-3-2-4-6-15)10-9-17-12-22(14-29-20(24)25-22)18-11-16(23)7-8-19(18)30-17/h2-8,11,17H,9-10,12-14H2,1H3,(H2,24,25)/t17-,22?/m0/s1. The van der Waals surface area contributed by atoms with Gasteiger partial charge in [0.2, 0.25) is 0 Å². The molecule has 0 bridgehead atoms. The molecule has 2 N–H and O–H groups in total. The van der Waals surface area contributed by atoms with Crippen molar-refractivity contribution in [3.63, 3.8) is 0 Å². The molecule has 0 radical (unpaired) electrons. The van der Waals surface area contributed by atoms with Crippen LogP contribution in [0.15, 0.2) is 58.0 Å². The predicted octanol–water partition coefficient (Wildman–Crippen LogP) is 3.80. The molecule has 0 aliphatic carbocycles. The van der Waals surface area contributed by atoms with E-state index in [0.29, 0.717) is 26.0 Å². The summed E-state index contributed by atoms with van der Waals surface area (Å²) in [5.41, 5.74) is 7.19. The third-order valence-corrected chi connectivity index (χ3v) is 5.88. The third-order valence-electron chi connectivity index (χ3n) is 5.39. The normalized spacial score (nSPS) is 21.9. The molecular formula is C22H24BrN3O4. The number of hydrogen-bond acceptors (Lipinski definition) is 6. The van der Waals surface area contributed by atoms with E-state index in [9.17, 15) is 4.79 Å². The van der Waals surface area contributed by atoms with Crippen LogP contribution in [0.2, 0.25) is 0 Å². The maximum absolute atomic E-state index is 12.3. The van der Waals surface area contributed by atoms with Crippen LogP contribution in [0, 0.1) is 0 Å². The number of fused-ring (bicyclic) bond motifs is 2. The van der Waals surface area contributed by atoms with Crippen LogP contribution >= 0.6 is 15.9 Å². The van der Waals surface area contributed by atoms with E-state index >= 15 is 0 Å². The maximum Gasteiger partial charge on any atom is 0.409 e. The molecule has 1 spiro atoms. The van der Waals surface area contributed by atoms with E-state index in [1.165, 1.54) is 0 Å². The summed E-state index contributed by atoms with van der Waals surface area (Å²) in [6, 6.07) is 15.7. The van der Waals surface area contributed by atoms with Gasteiger partial charge < -0.3 is 24.8 Å². The average Bonchev–Trinajstić information content (AvgIpc) is 3.12. The molecule has 2 aromatic rings. The Hall–Kier alpha value is -2.74. The Bertz CT molecular complexity index is 953. The highest BCUT2D eigenvalue weighted by atomic mass is 79.9. The number of amides is 1. The molecule has 2 atom stereocenters. The topological polar surface area (TPSA) is 86.4 Å². The van der Waals surface area contributed by atoms with Crippen molar-refractivity contribution in [2.24, 2.45) is 10.7 Å². The van der Waals surface area contributed by atoms with Crippen LogP contribution in [-0.2, 0) is 21.6 Å². The molecule has 0 saturated heterocycles. The third kappa shape index (κ3) is 4.38. The first-order valence-corrected chi connectivity index (χ1v) is 10.6. The zero-order chi connectivity index (χ0) is 21.1. The molecular weight excluding hydrogens is 450 g/mol. The Kier molecular flexibility index (Phi) is 5.85. The SMILES string of the molecule is CN(CC[C@H]1CC2(COC(N)=N2)c2cc(Br)ccc2O1)C(=O)OCc1ccccc1. The van der Waals surface area contributed by atoms with E-state index in [1.54, 1.807) is 11.9 Å². The summed E-state index contributed by atoms with van der Waals surface area (Å²) in [5.74, 6) is 0.769. The lowest BCUT2D eigenvalue weighted by molar-refractivity contribution is 0.0797. The van der Waals surface area contributed by atoms with Crippen LogP contribution in [0.4, 0.5) is 4.79 Å². The van der Waals surface area contributed by atoms with Crippen LogP contribution in [-0.4, -0.2) is 43.3 Å². The average molecular weight is 474 g/mol. The highest BCUT2D eigenvalue weighted by Gasteiger charge is 2.46. The molecule has 8 heteroatoms. The summed E-state index contributed by atoms with van der Waals surface area (Å²) in [6.07, 6.45) is 0.787. The van der Waals surface area contributed by atoms with Crippen LogP contribution in [0.3, 0.4) is 0 Å². The first-order valence-electron chi connectivity index (χ1n) is 9.82. The molecule has 0 fully saturated rings. The molecule has 1 amide bonds. The van der Waals surface area contributed by atoms with Gasteiger partial charge in [0.15, 0.2) is 0 Å². The Labute approximate surface area is 183 Å². The number of carbonyl (C=O) groups excluding carboxylic acids is 1. The number of aliphatic imine (C=N–C) groups is 1. The first-order chi connectivity index (χ1) is 14.4. The van der Waals surface area contributed by atoms with Crippen molar-refractivity contribution in [2.45, 2.75) is 31.1 Å². The molecule has 4 rings (SSSR count). The van der Waals surface area contributed by atoms with Crippen molar-refractivity contribution >= 4 is 28.0 Å². The fourth-order valence-corrected chi connectivity index (χ4v) is 4.17. The molecule has 158 valence electrons. The number of rotatable bonds is 5.